The van der Waals surface area contributed by atoms with E-state index in [4.69, 9.17) is 9.47 Å². The highest BCUT2D eigenvalue weighted by Crippen LogP contribution is 2.38. The maximum Gasteiger partial charge on any atom is 0.199 e. The summed E-state index contributed by atoms with van der Waals surface area (Å²) in [4.78, 5) is 12.5. The van der Waals surface area contributed by atoms with Gasteiger partial charge in [-0.15, -0.1) is 0 Å². The van der Waals surface area contributed by atoms with Crippen LogP contribution in [0.1, 0.15) is 15.9 Å². The van der Waals surface area contributed by atoms with Gasteiger partial charge in [-0.1, -0.05) is 12.1 Å². The number of carbonyl (C=O) groups excluding carboxylic acids is 1. The van der Waals surface area contributed by atoms with Gasteiger partial charge < -0.3 is 19.7 Å². The number of phenolic OH excluding ortho intramolecular Hbond substituents is 2. The average molecular weight is 298 g/mol. The third-order valence-corrected chi connectivity index (χ3v) is 3.43. The van der Waals surface area contributed by atoms with E-state index in [1.807, 2.05) is 0 Å². The molecular formula is C17H14O5. The molecule has 2 N–H and O–H groups in total. The van der Waals surface area contributed by atoms with Crippen LogP contribution in [-0.4, -0.2) is 29.7 Å². The molecule has 1 aliphatic heterocycles. The molecule has 22 heavy (non-hydrogen) atoms. The zero-order valence-electron chi connectivity index (χ0n) is 11.9. The minimum atomic E-state index is -0.283. The second-order valence-electron chi connectivity index (χ2n) is 4.90. The Balaban J connectivity index is 1.99. The highest BCUT2D eigenvalue weighted by Gasteiger charge is 2.27. The van der Waals surface area contributed by atoms with Gasteiger partial charge in [-0.25, -0.2) is 0 Å². The Labute approximate surface area is 127 Å². The minimum absolute atomic E-state index is 0.110. The van der Waals surface area contributed by atoms with Gasteiger partial charge in [0.25, 0.3) is 0 Å². The van der Waals surface area contributed by atoms with Crippen LogP contribution in [-0.2, 0) is 0 Å². The molecule has 2 aromatic rings. The first-order chi connectivity index (χ1) is 10.6. The summed E-state index contributed by atoms with van der Waals surface area (Å²) in [6.07, 6.45) is 1.67. The second-order valence-corrected chi connectivity index (χ2v) is 4.90. The number of Topliss-reactive ketones (excluding diaryl/α,β-unsaturated/α-hetero) is 1. The van der Waals surface area contributed by atoms with E-state index in [2.05, 4.69) is 0 Å². The summed E-state index contributed by atoms with van der Waals surface area (Å²) in [6, 6.07) is 9.42. The van der Waals surface area contributed by atoms with Crippen LogP contribution in [0.3, 0.4) is 0 Å². The molecule has 0 bridgehead atoms. The van der Waals surface area contributed by atoms with E-state index >= 15 is 0 Å². The van der Waals surface area contributed by atoms with Gasteiger partial charge in [-0.3, -0.25) is 4.79 Å². The first-order valence-corrected chi connectivity index (χ1v) is 6.66. The van der Waals surface area contributed by atoms with E-state index in [0.29, 0.717) is 17.1 Å². The molecule has 112 valence electrons. The Morgan fingerprint density at radius 3 is 2.59 bits per heavy atom. The topological polar surface area (TPSA) is 76.0 Å². The Kier molecular flexibility index (Phi) is 3.47. The van der Waals surface area contributed by atoms with Crippen LogP contribution < -0.4 is 9.47 Å². The van der Waals surface area contributed by atoms with Gasteiger partial charge in [0.2, 0.25) is 0 Å². The molecule has 5 heteroatoms. The van der Waals surface area contributed by atoms with Gasteiger partial charge in [0, 0.05) is 17.7 Å². The van der Waals surface area contributed by atoms with Gasteiger partial charge in [-0.2, -0.15) is 0 Å². The van der Waals surface area contributed by atoms with Crippen molar-refractivity contribution in [1.82, 2.24) is 0 Å². The molecule has 0 unspecified atom stereocenters. The number of hydrogen-bond acceptors (Lipinski definition) is 5. The lowest BCUT2D eigenvalue weighted by Crippen LogP contribution is -2.19. The number of ether oxygens (including phenoxy) is 2. The lowest BCUT2D eigenvalue weighted by Gasteiger charge is -2.20. The van der Waals surface area contributed by atoms with Crippen LogP contribution in [0.5, 0.6) is 23.0 Å². The highest BCUT2D eigenvalue weighted by atomic mass is 16.5. The zero-order chi connectivity index (χ0) is 15.7. The molecule has 0 aliphatic carbocycles. The molecule has 0 amide bonds. The van der Waals surface area contributed by atoms with Crippen molar-refractivity contribution in [3.05, 3.63) is 53.1 Å². The van der Waals surface area contributed by atoms with Crippen LogP contribution >= 0.6 is 0 Å². The number of aromatic hydroxyl groups is 2. The third kappa shape index (κ3) is 2.48. The Morgan fingerprint density at radius 1 is 1.18 bits per heavy atom. The molecule has 2 aromatic carbocycles. The zero-order valence-corrected chi connectivity index (χ0v) is 11.9. The maximum absolute atomic E-state index is 12.5. The van der Waals surface area contributed by atoms with Gasteiger partial charge in [0.1, 0.15) is 35.2 Å². The predicted molar refractivity (Wildman–Crippen MR) is 80.6 cm³/mol. The van der Waals surface area contributed by atoms with Crippen LogP contribution in [0.2, 0.25) is 0 Å². The van der Waals surface area contributed by atoms with Crippen LogP contribution in [0.4, 0.5) is 0 Å². The number of hydrogen-bond donors (Lipinski definition) is 2. The molecule has 5 nitrogen and oxygen atoms in total. The summed E-state index contributed by atoms with van der Waals surface area (Å²) in [5.41, 5.74) is 1.33. The molecule has 0 saturated carbocycles. The van der Waals surface area contributed by atoms with Crippen LogP contribution in [0.15, 0.2) is 42.0 Å². The lowest BCUT2D eigenvalue weighted by molar-refractivity contribution is 0.0997. The molecule has 0 spiro atoms. The predicted octanol–water partition coefficient (Wildman–Crippen LogP) is 2.77. The number of carbonyl (C=O) groups is 1. The quantitative estimate of drug-likeness (QED) is 0.834. The summed E-state index contributed by atoms with van der Waals surface area (Å²) in [6.45, 7) is 0.110. The molecule has 0 radical (unpaired) electrons. The third-order valence-electron chi connectivity index (χ3n) is 3.43. The molecule has 0 aromatic heterocycles. The van der Waals surface area contributed by atoms with Crippen molar-refractivity contribution in [2.24, 2.45) is 0 Å². The number of benzene rings is 2. The first-order valence-electron chi connectivity index (χ1n) is 6.66. The van der Waals surface area contributed by atoms with Crippen molar-refractivity contribution in [1.29, 1.82) is 0 Å². The fraction of sp³-hybridized carbons (Fsp3) is 0.118. The number of ketones is 1. The Bertz CT molecular complexity index is 759. The van der Waals surface area contributed by atoms with Crippen molar-refractivity contribution >= 4 is 11.9 Å². The largest absolute Gasteiger partial charge is 0.508 e. The fourth-order valence-corrected chi connectivity index (χ4v) is 2.30. The number of phenols is 2. The van der Waals surface area contributed by atoms with E-state index in [1.165, 1.54) is 25.3 Å². The monoisotopic (exact) mass is 298 g/mol. The van der Waals surface area contributed by atoms with E-state index in [1.54, 1.807) is 24.3 Å². The molecule has 0 atom stereocenters. The van der Waals surface area contributed by atoms with E-state index in [-0.39, 0.29) is 29.5 Å². The molecule has 0 saturated heterocycles. The first kappa shape index (κ1) is 14.0. The normalized spacial score (nSPS) is 15.3. The van der Waals surface area contributed by atoms with Crippen LogP contribution in [0, 0.1) is 0 Å². The second kappa shape index (κ2) is 5.44. The molecule has 3 rings (SSSR count). The highest BCUT2D eigenvalue weighted by molar-refractivity contribution is 6.15. The Morgan fingerprint density at radius 2 is 1.91 bits per heavy atom. The smallest absolute Gasteiger partial charge is 0.199 e. The summed E-state index contributed by atoms with van der Waals surface area (Å²) in [5, 5.41) is 19.3. The maximum atomic E-state index is 12.5. The van der Waals surface area contributed by atoms with Gasteiger partial charge in [0.15, 0.2) is 5.78 Å². The van der Waals surface area contributed by atoms with Gasteiger partial charge in [-0.05, 0) is 23.8 Å². The van der Waals surface area contributed by atoms with E-state index in [9.17, 15) is 15.0 Å². The molecule has 1 heterocycles. The summed E-state index contributed by atoms with van der Waals surface area (Å²) >= 11 is 0. The molecular weight excluding hydrogens is 284 g/mol. The summed E-state index contributed by atoms with van der Waals surface area (Å²) in [7, 11) is 1.47. The fourth-order valence-electron chi connectivity index (χ4n) is 2.30. The summed E-state index contributed by atoms with van der Waals surface area (Å²) in [5.74, 6) is 0.438. The minimum Gasteiger partial charge on any atom is -0.508 e. The van der Waals surface area contributed by atoms with Crippen LogP contribution in [0.25, 0.3) is 6.08 Å². The molecule has 1 aliphatic rings. The summed E-state index contributed by atoms with van der Waals surface area (Å²) < 4.78 is 10.6. The molecule has 0 fully saturated rings. The van der Waals surface area contributed by atoms with Gasteiger partial charge in [0.05, 0.1) is 7.11 Å². The standard InChI is InChI=1S/C17H14O5/c1-21-13-7-14(19)16-15(8-13)22-9-11(17(16)20)6-10-2-4-12(18)5-3-10/h2-8,18-19H,9H2,1H3/b11-6+. The van der Waals surface area contributed by atoms with Crippen molar-refractivity contribution < 1.29 is 24.5 Å². The number of rotatable bonds is 2. The van der Waals surface area contributed by atoms with Gasteiger partial charge >= 0.3 is 0 Å². The van der Waals surface area contributed by atoms with Crippen molar-refractivity contribution in [2.45, 2.75) is 0 Å². The average Bonchev–Trinajstić information content (AvgIpc) is 2.51. The van der Waals surface area contributed by atoms with E-state index in [0.717, 1.165) is 5.56 Å². The van der Waals surface area contributed by atoms with Crippen molar-refractivity contribution in [2.75, 3.05) is 13.7 Å². The number of fused-ring (bicyclic) bond motifs is 1. The Hall–Kier alpha value is -2.95. The van der Waals surface area contributed by atoms with E-state index < -0.39 is 0 Å². The van der Waals surface area contributed by atoms with Crippen molar-refractivity contribution in [3.63, 3.8) is 0 Å². The lowest BCUT2D eigenvalue weighted by atomic mass is 9.97. The number of methoxy groups -OCH3 is 1. The SMILES string of the molecule is COc1cc(O)c2c(c1)OC/C(=C\c1ccc(O)cc1)C2=O. The van der Waals surface area contributed by atoms with Crippen molar-refractivity contribution in [3.8, 4) is 23.0 Å².